The van der Waals surface area contributed by atoms with Crippen molar-refractivity contribution in [2.75, 3.05) is 25.1 Å². The van der Waals surface area contributed by atoms with Crippen molar-refractivity contribution in [1.29, 1.82) is 0 Å². The fourth-order valence-corrected chi connectivity index (χ4v) is 4.84. The van der Waals surface area contributed by atoms with E-state index in [2.05, 4.69) is 9.62 Å². The molecular formula is C18H21N3O4S. The Labute approximate surface area is 152 Å². The first-order chi connectivity index (χ1) is 12.5. The van der Waals surface area contributed by atoms with Gasteiger partial charge in [0.1, 0.15) is 0 Å². The van der Waals surface area contributed by atoms with Gasteiger partial charge in [0.2, 0.25) is 10.0 Å². The second kappa shape index (κ2) is 6.44. The lowest BCUT2D eigenvalue weighted by Gasteiger charge is -2.42. The monoisotopic (exact) mass is 375 g/mol. The van der Waals surface area contributed by atoms with Gasteiger partial charge in [-0.25, -0.2) is 17.9 Å². The van der Waals surface area contributed by atoms with Crippen molar-refractivity contribution >= 4 is 21.7 Å². The van der Waals surface area contributed by atoms with Crippen LogP contribution < -0.4 is 9.62 Å². The lowest BCUT2D eigenvalue weighted by atomic mass is 10.0. The average Bonchev–Trinajstić information content (AvgIpc) is 3.33. The van der Waals surface area contributed by atoms with Crippen LogP contribution in [0, 0.1) is 0 Å². The summed E-state index contributed by atoms with van der Waals surface area (Å²) < 4.78 is 33.7. The maximum Gasteiger partial charge on any atom is 0.340 e. The summed E-state index contributed by atoms with van der Waals surface area (Å²) in [5.74, 6) is -0.401. The number of hydrogen-bond acceptors (Lipinski definition) is 5. The third kappa shape index (κ3) is 3.10. The van der Waals surface area contributed by atoms with Crippen molar-refractivity contribution in [3.8, 4) is 5.69 Å². The summed E-state index contributed by atoms with van der Waals surface area (Å²) in [6.07, 6.45) is 5.26. The molecule has 1 aromatic carbocycles. The van der Waals surface area contributed by atoms with Gasteiger partial charge < -0.3 is 14.2 Å². The number of ether oxygens (including phenoxy) is 1. The van der Waals surface area contributed by atoms with E-state index in [4.69, 9.17) is 4.74 Å². The van der Waals surface area contributed by atoms with Gasteiger partial charge in [0, 0.05) is 25.5 Å². The van der Waals surface area contributed by atoms with Crippen LogP contribution in [0.4, 0.5) is 5.69 Å². The highest BCUT2D eigenvalue weighted by Crippen LogP contribution is 2.33. The molecule has 1 saturated heterocycles. The number of carbonyl (C=O) groups is 1. The minimum Gasteiger partial charge on any atom is -0.465 e. The summed E-state index contributed by atoms with van der Waals surface area (Å²) in [5, 5.41) is -0.213. The lowest BCUT2D eigenvalue weighted by Crippen LogP contribution is -2.60. The molecule has 1 N–H and O–H groups in total. The van der Waals surface area contributed by atoms with Crippen LogP contribution in [0.1, 0.15) is 23.2 Å². The maximum atomic E-state index is 12.2. The predicted molar refractivity (Wildman–Crippen MR) is 98.2 cm³/mol. The molecule has 1 aliphatic carbocycles. The van der Waals surface area contributed by atoms with E-state index in [1.807, 2.05) is 41.2 Å². The second-order valence-electron chi connectivity index (χ2n) is 6.72. The van der Waals surface area contributed by atoms with Crippen LogP contribution in [0.3, 0.4) is 0 Å². The summed E-state index contributed by atoms with van der Waals surface area (Å²) in [6, 6.07) is 9.17. The molecule has 7 nitrogen and oxygen atoms in total. The number of sulfonamides is 1. The van der Waals surface area contributed by atoms with Crippen LogP contribution in [-0.2, 0) is 14.8 Å². The smallest absolute Gasteiger partial charge is 0.340 e. The first-order valence-corrected chi connectivity index (χ1v) is 10.1. The number of hydrogen-bond donors (Lipinski definition) is 1. The van der Waals surface area contributed by atoms with Crippen LogP contribution in [0.25, 0.3) is 5.69 Å². The van der Waals surface area contributed by atoms with Crippen LogP contribution in [-0.4, -0.2) is 50.4 Å². The largest absolute Gasteiger partial charge is 0.465 e. The van der Waals surface area contributed by atoms with Crippen LogP contribution in [0.2, 0.25) is 0 Å². The average molecular weight is 375 g/mol. The fraction of sp³-hybridized carbons (Fsp3) is 0.389. The lowest BCUT2D eigenvalue weighted by molar-refractivity contribution is 0.0601. The van der Waals surface area contributed by atoms with Crippen LogP contribution in [0.15, 0.2) is 42.7 Å². The van der Waals surface area contributed by atoms with Gasteiger partial charge in [-0.3, -0.25) is 0 Å². The number of anilines is 1. The van der Waals surface area contributed by atoms with E-state index in [0.717, 1.165) is 24.2 Å². The molecule has 1 aliphatic heterocycles. The molecule has 4 rings (SSSR count). The van der Waals surface area contributed by atoms with Gasteiger partial charge in [-0.05, 0) is 37.1 Å². The molecule has 1 aromatic heterocycles. The van der Waals surface area contributed by atoms with Crippen LogP contribution >= 0.6 is 0 Å². The molecular weight excluding hydrogens is 354 g/mol. The van der Waals surface area contributed by atoms with Crippen molar-refractivity contribution < 1.29 is 17.9 Å². The number of para-hydroxylation sites is 1. The topological polar surface area (TPSA) is 80.6 Å². The number of methoxy groups -OCH3 is 1. The van der Waals surface area contributed by atoms with Crippen molar-refractivity contribution in [2.24, 2.45) is 0 Å². The molecule has 8 heteroatoms. The molecule has 2 aliphatic rings. The number of nitrogens with one attached hydrogen (secondary N) is 1. The van der Waals surface area contributed by atoms with Crippen molar-refractivity contribution in [2.45, 2.75) is 24.1 Å². The highest BCUT2D eigenvalue weighted by atomic mass is 32.2. The molecule has 0 bridgehead atoms. The Morgan fingerprint density at radius 3 is 2.46 bits per heavy atom. The molecule has 26 heavy (non-hydrogen) atoms. The molecule has 0 unspecified atom stereocenters. The van der Waals surface area contributed by atoms with Gasteiger partial charge >= 0.3 is 5.97 Å². The predicted octanol–water partition coefficient (Wildman–Crippen LogP) is 1.53. The van der Waals surface area contributed by atoms with E-state index >= 15 is 0 Å². The molecule has 2 heterocycles. The third-order valence-electron chi connectivity index (χ3n) is 4.80. The molecule has 138 valence electrons. The summed E-state index contributed by atoms with van der Waals surface area (Å²) in [7, 11) is -1.83. The molecule has 0 atom stereocenters. The Morgan fingerprint density at radius 2 is 1.85 bits per heavy atom. The van der Waals surface area contributed by atoms with Gasteiger partial charge in [-0.1, -0.05) is 6.07 Å². The molecule has 1 saturated carbocycles. The third-order valence-corrected chi connectivity index (χ3v) is 6.81. The van der Waals surface area contributed by atoms with Gasteiger partial charge in [0.15, 0.2) is 0 Å². The second-order valence-corrected chi connectivity index (χ2v) is 8.71. The highest BCUT2D eigenvalue weighted by Gasteiger charge is 2.40. The Bertz CT molecular complexity index is 914. The number of carbonyl (C=O) groups excluding carboxylic acids is 1. The summed E-state index contributed by atoms with van der Waals surface area (Å²) >= 11 is 0. The number of aromatic nitrogens is 1. The van der Waals surface area contributed by atoms with E-state index in [9.17, 15) is 13.2 Å². The van der Waals surface area contributed by atoms with E-state index < -0.39 is 16.0 Å². The summed E-state index contributed by atoms with van der Waals surface area (Å²) in [4.78, 5) is 14.3. The first-order valence-electron chi connectivity index (χ1n) is 8.60. The first kappa shape index (κ1) is 17.1. The van der Waals surface area contributed by atoms with Crippen molar-refractivity contribution in [1.82, 2.24) is 9.29 Å². The summed E-state index contributed by atoms with van der Waals surface area (Å²) in [5.41, 5.74) is 2.10. The van der Waals surface area contributed by atoms with E-state index in [1.54, 1.807) is 6.07 Å². The zero-order valence-corrected chi connectivity index (χ0v) is 15.3. The summed E-state index contributed by atoms with van der Waals surface area (Å²) in [6.45, 7) is 1.15. The van der Waals surface area contributed by atoms with E-state index in [-0.39, 0.29) is 11.3 Å². The van der Waals surface area contributed by atoms with E-state index in [0.29, 0.717) is 18.7 Å². The zero-order chi connectivity index (χ0) is 18.3. The quantitative estimate of drug-likeness (QED) is 0.775. The standard InChI is InChI=1S/C18H21N3O4S/c1-25-18(22)15-5-4-6-16(17(15)20-9-2-3-10-20)21-11-13(12-21)19-26(23,24)14-7-8-14/h2-6,9-10,13-14,19H,7-8,11-12H2,1H3. The highest BCUT2D eigenvalue weighted by molar-refractivity contribution is 7.90. The van der Waals surface area contributed by atoms with Gasteiger partial charge in [-0.15, -0.1) is 0 Å². The molecule has 2 aromatic rings. The Morgan fingerprint density at radius 1 is 1.15 bits per heavy atom. The molecule has 0 radical (unpaired) electrons. The van der Waals surface area contributed by atoms with Gasteiger partial charge in [-0.2, -0.15) is 0 Å². The minimum atomic E-state index is -3.19. The number of nitrogens with zero attached hydrogens (tertiary/aromatic N) is 2. The number of benzene rings is 1. The molecule has 0 amide bonds. The minimum absolute atomic E-state index is 0.0973. The SMILES string of the molecule is COC(=O)c1cccc(N2CC(NS(=O)(=O)C3CC3)C2)c1-n1cccc1. The molecule has 0 spiro atoms. The Balaban J connectivity index is 1.59. The van der Waals surface area contributed by atoms with Crippen molar-refractivity contribution in [3.05, 3.63) is 48.3 Å². The zero-order valence-electron chi connectivity index (χ0n) is 14.5. The van der Waals surface area contributed by atoms with Crippen LogP contribution in [0.5, 0.6) is 0 Å². The number of rotatable bonds is 6. The Kier molecular flexibility index (Phi) is 4.24. The maximum absolute atomic E-state index is 12.2. The fourth-order valence-electron chi connectivity index (χ4n) is 3.27. The Hall–Kier alpha value is -2.32. The normalized spacial score (nSPS) is 17.8. The number of esters is 1. The molecule has 2 fully saturated rings. The van der Waals surface area contributed by atoms with Gasteiger partial charge in [0.05, 0.1) is 35.3 Å². The van der Waals surface area contributed by atoms with E-state index in [1.165, 1.54) is 7.11 Å². The van der Waals surface area contributed by atoms with Crippen molar-refractivity contribution in [3.63, 3.8) is 0 Å². The van der Waals surface area contributed by atoms with Gasteiger partial charge in [0.25, 0.3) is 0 Å².